The largest absolute Gasteiger partial charge is 0.507 e. The maximum atomic E-state index is 10.1. The number of para-hydroxylation sites is 4. The van der Waals surface area contributed by atoms with Gasteiger partial charge in [-0.3, -0.25) is 20.0 Å². The highest BCUT2D eigenvalue weighted by molar-refractivity contribution is 6.03. The number of hydrogen-bond donors (Lipinski definition) is 4. The third-order valence-electron chi connectivity index (χ3n) is 10.0. The summed E-state index contributed by atoms with van der Waals surface area (Å²) >= 11 is 0. The highest BCUT2D eigenvalue weighted by Gasteiger charge is 2.26. The zero-order valence-electron chi connectivity index (χ0n) is 30.8. The van der Waals surface area contributed by atoms with Crippen LogP contribution in [0.3, 0.4) is 0 Å². The van der Waals surface area contributed by atoms with Gasteiger partial charge in [0.15, 0.2) is 0 Å². The molecule has 4 N–H and O–H groups in total. The minimum absolute atomic E-state index is 0.101. The molecule has 8 heteroatoms. The Bertz CT molecular complexity index is 1650. The lowest BCUT2D eigenvalue weighted by atomic mass is 9.90. The fraction of sp³-hybridized carbons (Fsp3) is 0.364. The van der Waals surface area contributed by atoms with Crippen molar-refractivity contribution in [2.24, 2.45) is 20.0 Å². The molecule has 0 amide bonds. The van der Waals surface area contributed by atoms with E-state index in [-0.39, 0.29) is 47.2 Å². The van der Waals surface area contributed by atoms with E-state index < -0.39 is 0 Å². The second kappa shape index (κ2) is 18.3. The predicted octanol–water partition coefficient (Wildman–Crippen LogP) is 9.45. The van der Waals surface area contributed by atoms with Crippen LogP contribution in [0.2, 0.25) is 0 Å². The van der Waals surface area contributed by atoms with Crippen molar-refractivity contribution in [3.63, 3.8) is 0 Å². The first-order chi connectivity index (χ1) is 25.1. The van der Waals surface area contributed by atoms with E-state index in [1.165, 1.54) is 0 Å². The SMILES string of the molecule is CC(=N[C@@H]1CCCC[C@H]1N=C(C)c1ccccc1O)c1ccccc1O.CC(=N[C@@H]1CCCC[C@H]1N=C(C)c1ccccc1O)c1ccccc1O. The molecule has 8 nitrogen and oxygen atoms in total. The second-order valence-corrected chi connectivity index (χ2v) is 13.8. The van der Waals surface area contributed by atoms with Gasteiger partial charge < -0.3 is 20.4 Å². The normalized spacial score (nSPS) is 21.6. The number of benzene rings is 4. The number of aliphatic imine (C=N–C) groups is 4. The molecule has 0 bridgehead atoms. The summed E-state index contributed by atoms with van der Waals surface area (Å²) in [5.41, 5.74) is 6.48. The molecule has 2 fully saturated rings. The average molecular weight is 701 g/mol. The first-order valence-corrected chi connectivity index (χ1v) is 18.4. The Morgan fingerprint density at radius 2 is 0.558 bits per heavy atom. The Labute approximate surface area is 308 Å². The molecule has 0 saturated heterocycles. The van der Waals surface area contributed by atoms with Crippen molar-refractivity contribution in [2.45, 2.75) is 103 Å². The monoisotopic (exact) mass is 700 g/mol. The van der Waals surface area contributed by atoms with Crippen LogP contribution in [0.25, 0.3) is 0 Å². The maximum Gasteiger partial charge on any atom is 0.124 e. The van der Waals surface area contributed by atoms with Crippen LogP contribution in [0.15, 0.2) is 117 Å². The molecule has 0 heterocycles. The lowest BCUT2D eigenvalue weighted by Crippen LogP contribution is -2.29. The molecule has 2 aliphatic carbocycles. The first kappa shape index (κ1) is 38.0. The zero-order valence-corrected chi connectivity index (χ0v) is 30.8. The Morgan fingerprint density at radius 3 is 0.750 bits per heavy atom. The first-order valence-electron chi connectivity index (χ1n) is 18.4. The fourth-order valence-electron chi connectivity index (χ4n) is 7.18. The molecule has 0 aliphatic heterocycles. The molecule has 0 unspecified atom stereocenters. The van der Waals surface area contributed by atoms with Gasteiger partial charge in [0.2, 0.25) is 0 Å². The summed E-state index contributed by atoms with van der Waals surface area (Å²) < 4.78 is 0. The number of rotatable bonds is 8. The molecule has 6 rings (SSSR count). The van der Waals surface area contributed by atoms with E-state index in [0.717, 1.165) is 96.5 Å². The average Bonchev–Trinajstić information content (AvgIpc) is 3.14. The van der Waals surface area contributed by atoms with Gasteiger partial charge in [-0.2, -0.15) is 0 Å². The van der Waals surface area contributed by atoms with Crippen LogP contribution in [0.1, 0.15) is 101 Å². The second-order valence-electron chi connectivity index (χ2n) is 13.8. The molecule has 4 atom stereocenters. The molecule has 0 spiro atoms. The lowest BCUT2D eigenvalue weighted by molar-refractivity contribution is 0.388. The quantitative estimate of drug-likeness (QED) is 0.136. The van der Waals surface area contributed by atoms with Crippen LogP contribution in [-0.2, 0) is 0 Å². The minimum Gasteiger partial charge on any atom is -0.507 e. The summed E-state index contributed by atoms with van der Waals surface area (Å²) in [6.07, 6.45) is 8.54. The number of phenols is 4. The van der Waals surface area contributed by atoms with Gasteiger partial charge in [-0.1, -0.05) is 74.2 Å². The van der Waals surface area contributed by atoms with Gasteiger partial charge in [-0.25, -0.2) is 0 Å². The van der Waals surface area contributed by atoms with Crippen molar-refractivity contribution in [1.82, 2.24) is 0 Å². The molecule has 0 radical (unpaired) electrons. The third kappa shape index (κ3) is 9.96. The topological polar surface area (TPSA) is 130 Å². The molecular formula is C44H52N4O4. The van der Waals surface area contributed by atoms with Crippen LogP contribution in [0.4, 0.5) is 0 Å². The van der Waals surface area contributed by atoms with Crippen LogP contribution in [-0.4, -0.2) is 67.4 Å². The Balaban J connectivity index is 0.000000201. The van der Waals surface area contributed by atoms with Crippen molar-refractivity contribution in [3.8, 4) is 23.0 Å². The standard InChI is InChI=1S/2C22H26N2O2/c2*1-15(17-9-3-7-13-21(17)25)23-19-11-5-6-12-20(19)24-16(2)18-10-4-8-14-22(18)26/h2*3-4,7-10,13-14,19-20,25-26H,5-6,11-12H2,1-2H3/t2*19-,20-/m11/s1. The van der Waals surface area contributed by atoms with Gasteiger partial charge in [0.1, 0.15) is 23.0 Å². The van der Waals surface area contributed by atoms with E-state index in [2.05, 4.69) is 0 Å². The number of nitrogens with zero attached hydrogens (tertiary/aromatic N) is 4. The Morgan fingerprint density at radius 1 is 0.365 bits per heavy atom. The van der Waals surface area contributed by atoms with Gasteiger partial charge >= 0.3 is 0 Å². The van der Waals surface area contributed by atoms with Gasteiger partial charge in [-0.15, -0.1) is 0 Å². The molecule has 2 aliphatic rings. The number of hydrogen-bond acceptors (Lipinski definition) is 8. The van der Waals surface area contributed by atoms with Crippen molar-refractivity contribution in [1.29, 1.82) is 0 Å². The number of aromatic hydroxyl groups is 4. The van der Waals surface area contributed by atoms with Crippen LogP contribution >= 0.6 is 0 Å². The predicted molar refractivity (Wildman–Crippen MR) is 213 cm³/mol. The lowest BCUT2D eigenvalue weighted by Gasteiger charge is -2.27. The smallest absolute Gasteiger partial charge is 0.124 e. The van der Waals surface area contributed by atoms with E-state index >= 15 is 0 Å². The zero-order chi connectivity index (χ0) is 37.0. The summed E-state index contributed by atoms with van der Waals surface area (Å²) in [7, 11) is 0. The molecular weight excluding hydrogens is 649 g/mol. The molecule has 0 aromatic heterocycles. The van der Waals surface area contributed by atoms with Crippen LogP contribution in [0, 0.1) is 0 Å². The molecule has 4 aromatic carbocycles. The van der Waals surface area contributed by atoms with Crippen LogP contribution < -0.4 is 0 Å². The molecule has 4 aromatic rings. The van der Waals surface area contributed by atoms with Gasteiger partial charge in [0, 0.05) is 45.1 Å². The summed E-state index contributed by atoms with van der Waals surface area (Å²) in [5.74, 6) is 1.04. The number of phenolic OH excluding ortho intramolecular Hbond substituents is 4. The summed E-state index contributed by atoms with van der Waals surface area (Å²) in [6, 6.07) is 29.6. The highest BCUT2D eigenvalue weighted by atomic mass is 16.3. The Hall–Kier alpha value is -5.24. The molecule has 272 valence electrons. The van der Waals surface area contributed by atoms with E-state index in [1.54, 1.807) is 24.3 Å². The van der Waals surface area contributed by atoms with Crippen molar-refractivity contribution >= 4 is 22.8 Å². The van der Waals surface area contributed by atoms with Gasteiger partial charge in [-0.05, 0) is 102 Å². The van der Waals surface area contributed by atoms with Crippen molar-refractivity contribution in [3.05, 3.63) is 119 Å². The van der Waals surface area contributed by atoms with E-state index in [9.17, 15) is 20.4 Å². The summed E-state index contributed by atoms with van der Waals surface area (Å²) in [6.45, 7) is 7.78. The van der Waals surface area contributed by atoms with E-state index in [1.807, 2.05) is 100 Å². The third-order valence-corrected chi connectivity index (χ3v) is 10.0. The molecule has 52 heavy (non-hydrogen) atoms. The van der Waals surface area contributed by atoms with Crippen LogP contribution in [0.5, 0.6) is 23.0 Å². The van der Waals surface area contributed by atoms with Crippen molar-refractivity contribution in [2.75, 3.05) is 0 Å². The fourth-order valence-corrected chi connectivity index (χ4v) is 7.18. The van der Waals surface area contributed by atoms with E-state index in [0.29, 0.717) is 0 Å². The minimum atomic E-state index is 0.101. The van der Waals surface area contributed by atoms with Gasteiger partial charge in [0.25, 0.3) is 0 Å². The maximum absolute atomic E-state index is 10.1. The van der Waals surface area contributed by atoms with Crippen molar-refractivity contribution < 1.29 is 20.4 Å². The van der Waals surface area contributed by atoms with Gasteiger partial charge in [0.05, 0.1) is 24.2 Å². The summed E-state index contributed by atoms with van der Waals surface area (Å²) in [5, 5.41) is 40.3. The summed E-state index contributed by atoms with van der Waals surface area (Å²) in [4.78, 5) is 19.6. The molecule has 2 saturated carbocycles. The van der Waals surface area contributed by atoms with E-state index in [4.69, 9.17) is 20.0 Å². The Kier molecular flexibility index (Phi) is 13.4. The highest BCUT2D eigenvalue weighted by Crippen LogP contribution is 2.29.